The summed E-state index contributed by atoms with van der Waals surface area (Å²) < 4.78 is 147. The number of hydrogen-bond acceptors (Lipinski definition) is 2. The number of benzene rings is 3. The van der Waals surface area contributed by atoms with Gasteiger partial charge in [0.05, 0.1) is 11.1 Å². The number of unbranched alkanes of at least 4 members (excludes halogenated alkanes) is 2. The van der Waals surface area contributed by atoms with Crippen LogP contribution in [-0.4, -0.2) is 5.97 Å². The van der Waals surface area contributed by atoms with E-state index in [0.29, 0.717) is 6.42 Å². The third-order valence-corrected chi connectivity index (χ3v) is 6.76. The molecule has 0 aliphatic heterocycles. The molecule has 4 rings (SSSR count). The van der Waals surface area contributed by atoms with Crippen molar-refractivity contribution >= 4 is 5.97 Å². The minimum Gasteiger partial charge on any atom is -0.452 e. The highest BCUT2D eigenvalue weighted by atomic mass is 19.2. The lowest BCUT2D eigenvalue weighted by Gasteiger charge is -2.24. The van der Waals surface area contributed by atoms with E-state index in [1.165, 1.54) is 24.3 Å². The molecule has 0 bridgehead atoms. The van der Waals surface area contributed by atoms with Crippen LogP contribution >= 0.6 is 0 Å². The van der Waals surface area contributed by atoms with Gasteiger partial charge in [-0.1, -0.05) is 44.0 Å². The van der Waals surface area contributed by atoms with Crippen molar-refractivity contribution < 1.29 is 53.4 Å². The number of ether oxygens (including phenoxy) is 1. The predicted molar refractivity (Wildman–Crippen MR) is 131 cm³/mol. The fraction of sp³-hybridized carbons (Fsp3) is 0.233. The fourth-order valence-corrected chi connectivity index (χ4v) is 4.52. The number of carbonyl (C=O) groups is 1. The molecule has 1 aliphatic rings. The third kappa shape index (κ3) is 5.66. The first-order valence-corrected chi connectivity index (χ1v) is 12.6. The average molecular weight is 602 g/mol. The molecule has 0 spiro atoms. The number of hydrogen-bond donors (Lipinski definition) is 0. The Labute approximate surface area is 232 Å². The van der Waals surface area contributed by atoms with Crippen LogP contribution in [0.25, 0.3) is 11.1 Å². The van der Waals surface area contributed by atoms with Gasteiger partial charge in [0.2, 0.25) is 5.82 Å². The second-order valence-corrected chi connectivity index (χ2v) is 9.46. The summed E-state index contributed by atoms with van der Waals surface area (Å²) in [4.78, 5) is 12.8. The largest absolute Gasteiger partial charge is 0.452 e. The molecule has 3 aromatic rings. The Kier molecular flexibility index (Phi) is 9.12. The summed E-state index contributed by atoms with van der Waals surface area (Å²) in [6, 6.07) is 9.09. The molecule has 222 valence electrons. The van der Waals surface area contributed by atoms with Gasteiger partial charge < -0.3 is 4.74 Å². The zero-order valence-electron chi connectivity index (χ0n) is 21.6. The number of rotatable bonds is 9. The summed E-state index contributed by atoms with van der Waals surface area (Å²) in [7, 11) is 0. The van der Waals surface area contributed by atoms with Gasteiger partial charge in [0.15, 0.2) is 46.6 Å². The van der Waals surface area contributed by atoms with Crippen LogP contribution in [0.2, 0.25) is 0 Å². The van der Waals surface area contributed by atoms with Crippen LogP contribution in [0.4, 0.5) is 43.9 Å². The van der Waals surface area contributed by atoms with E-state index < -0.39 is 87.3 Å². The average Bonchev–Trinajstić information content (AvgIpc) is 3.16. The molecule has 0 radical (unpaired) electrons. The second-order valence-electron chi connectivity index (χ2n) is 9.46. The Morgan fingerprint density at radius 3 is 1.81 bits per heavy atom. The highest BCUT2D eigenvalue weighted by molar-refractivity contribution is 5.90. The molecule has 0 fully saturated rings. The molecule has 0 N–H and O–H groups in total. The topological polar surface area (TPSA) is 26.3 Å². The number of allylic oxidation sites excluding steroid dienone is 2. The van der Waals surface area contributed by atoms with Crippen LogP contribution in [0.1, 0.15) is 53.8 Å². The van der Waals surface area contributed by atoms with Gasteiger partial charge in [-0.25, -0.2) is 48.7 Å². The Hall–Kier alpha value is -4.09. The van der Waals surface area contributed by atoms with E-state index in [-0.39, 0.29) is 11.1 Å². The first-order chi connectivity index (χ1) is 19.9. The van der Waals surface area contributed by atoms with Crippen LogP contribution in [0, 0.1) is 40.8 Å². The quantitative estimate of drug-likeness (QED) is 0.0802. The smallest absolute Gasteiger partial charge is 0.338 e. The molecule has 3 aromatic carbocycles. The Morgan fingerprint density at radius 1 is 0.738 bits per heavy atom. The fourth-order valence-electron chi connectivity index (χ4n) is 4.52. The molecule has 0 saturated heterocycles. The zero-order valence-corrected chi connectivity index (χ0v) is 21.6. The first kappa shape index (κ1) is 30.9. The number of carbonyl (C=O) groups excluding carboxylic acids is 1. The summed E-state index contributed by atoms with van der Waals surface area (Å²) >= 11 is 0. The maximum absolute atomic E-state index is 14.8. The summed E-state index contributed by atoms with van der Waals surface area (Å²) in [5, 5.41) is 0. The summed E-state index contributed by atoms with van der Waals surface area (Å²) in [6.07, 6.45) is 0.433. The van der Waals surface area contributed by atoms with Gasteiger partial charge >= 0.3 is 5.97 Å². The molecule has 12 heteroatoms. The Bertz CT molecular complexity index is 1540. The van der Waals surface area contributed by atoms with E-state index in [4.69, 9.17) is 4.74 Å². The summed E-state index contributed by atoms with van der Waals surface area (Å²) in [6.45, 7) is 2.03. The number of aryl methyl sites for hydroxylation is 1. The van der Waals surface area contributed by atoms with Crippen LogP contribution in [0.3, 0.4) is 0 Å². The van der Waals surface area contributed by atoms with Crippen molar-refractivity contribution in [1.29, 1.82) is 0 Å². The van der Waals surface area contributed by atoms with Crippen molar-refractivity contribution in [3.63, 3.8) is 0 Å². The zero-order chi connectivity index (χ0) is 30.9. The molecule has 1 unspecified atom stereocenters. The lowest BCUT2D eigenvalue weighted by atomic mass is 9.93. The molecular formula is C30H20F10O2. The first-order valence-electron chi connectivity index (χ1n) is 12.6. The van der Waals surface area contributed by atoms with Crippen LogP contribution in [0.5, 0.6) is 0 Å². The Balaban J connectivity index is 1.68. The number of halogens is 10. The van der Waals surface area contributed by atoms with E-state index in [2.05, 4.69) is 0 Å². The van der Waals surface area contributed by atoms with Crippen LogP contribution < -0.4 is 0 Å². The summed E-state index contributed by atoms with van der Waals surface area (Å²) in [5.41, 5.74) is -1.33. The molecule has 0 heterocycles. The molecule has 2 nitrogen and oxygen atoms in total. The van der Waals surface area contributed by atoms with Crippen molar-refractivity contribution in [2.24, 2.45) is 5.92 Å². The molecular weight excluding hydrogens is 582 g/mol. The highest BCUT2D eigenvalue weighted by Gasteiger charge is 2.47. The minimum absolute atomic E-state index is 0.143. The predicted octanol–water partition coefficient (Wildman–Crippen LogP) is 9.75. The van der Waals surface area contributed by atoms with Crippen molar-refractivity contribution in [3.8, 4) is 11.1 Å². The molecule has 0 saturated carbocycles. The van der Waals surface area contributed by atoms with Gasteiger partial charge in [-0.05, 0) is 42.2 Å². The number of esters is 1. The Morgan fingerprint density at radius 2 is 1.29 bits per heavy atom. The van der Waals surface area contributed by atoms with Crippen LogP contribution in [-0.2, 0) is 11.2 Å². The van der Waals surface area contributed by atoms with E-state index in [0.717, 1.165) is 37.0 Å². The molecule has 0 aromatic heterocycles. The van der Waals surface area contributed by atoms with Gasteiger partial charge in [0.25, 0.3) is 0 Å². The monoisotopic (exact) mass is 602 g/mol. The summed E-state index contributed by atoms with van der Waals surface area (Å²) in [5.74, 6) is -27.8. The van der Waals surface area contributed by atoms with Gasteiger partial charge in [-0.3, -0.25) is 0 Å². The third-order valence-electron chi connectivity index (χ3n) is 6.76. The molecule has 1 aliphatic carbocycles. The standard InChI is InChI=1S/C30H20F10O2/c1-2-3-4-5-13-6-11-16(17(31)12-13)14-7-9-15(10-8-14)30(41)42-29(18-20(32)24(36)25(37)21(18)33)19-22(34)26(38)28(40)27(39)23(19)35/h6-12,18,29H,2-5H2,1H3. The van der Waals surface area contributed by atoms with Gasteiger partial charge in [0, 0.05) is 5.56 Å². The molecule has 1 atom stereocenters. The highest BCUT2D eigenvalue weighted by Crippen LogP contribution is 2.49. The lowest BCUT2D eigenvalue weighted by molar-refractivity contribution is 0.0148. The lowest BCUT2D eigenvalue weighted by Crippen LogP contribution is -2.24. The van der Waals surface area contributed by atoms with E-state index in [9.17, 15) is 48.7 Å². The maximum atomic E-state index is 14.8. The second kappa shape index (κ2) is 12.4. The van der Waals surface area contributed by atoms with E-state index in [1.54, 1.807) is 6.07 Å². The molecule has 0 amide bonds. The van der Waals surface area contributed by atoms with Crippen LogP contribution in [0.15, 0.2) is 65.8 Å². The van der Waals surface area contributed by atoms with E-state index >= 15 is 0 Å². The normalized spacial score (nSPS) is 14.6. The van der Waals surface area contributed by atoms with Crippen molar-refractivity contribution in [3.05, 3.63) is 117 Å². The van der Waals surface area contributed by atoms with Gasteiger partial charge in [0.1, 0.15) is 17.8 Å². The van der Waals surface area contributed by atoms with Crippen molar-refractivity contribution in [2.45, 2.75) is 38.7 Å². The van der Waals surface area contributed by atoms with E-state index in [1.807, 2.05) is 6.92 Å². The molecule has 42 heavy (non-hydrogen) atoms. The van der Waals surface area contributed by atoms with Crippen molar-refractivity contribution in [2.75, 3.05) is 0 Å². The van der Waals surface area contributed by atoms with Crippen molar-refractivity contribution in [1.82, 2.24) is 0 Å². The van der Waals surface area contributed by atoms with Gasteiger partial charge in [-0.2, -0.15) is 0 Å². The SMILES string of the molecule is CCCCCc1ccc(-c2ccc(C(=O)OC(c3c(F)c(F)c(F)c(F)c3F)C3C(F)=C(F)C(F)=C3F)cc2)c(F)c1. The van der Waals surface area contributed by atoms with Gasteiger partial charge in [-0.15, -0.1) is 0 Å². The maximum Gasteiger partial charge on any atom is 0.338 e. The minimum atomic E-state index is -3.07.